The lowest BCUT2D eigenvalue weighted by molar-refractivity contribution is -0.385. The Morgan fingerprint density at radius 3 is 2.36 bits per heavy atom. The lowest BCUT2D eigenvalue weighted by Gasteiger charge is -2.01. The number of oxazole rings is 1. The number of nitro benzene ring substituents is 1. The van der Waals surface area contributed by atoms with Gasteiger partial charge in [-0.3, -0.25) is 10.1 Å². The summed E-state index contributed by atoms with van der Waals surface area (Å²) in [4.78, 5) is 15.2. The molecule has 1 aromatic heterocycles. The molecule has 5 nitrogen and oxygen atoms in total. The first-order valence-corrected chi connectivity index (χ1v) is 9.00. The highest BCUT2D eigenvalue weighted by molar-refractivity contribution is 9.10. The first-order valence-electron chi connectivity index (χ1n) is 8.21. The summed E-state index contributed by atoms with van der Waals surface area (Å²) in [5, 5.41) is 11.1. The molecular formula is C21H11BrFN2O3. The second kappa shape index (κ2) is 7.36. The Bertz CT molecular complexity index is 1160. The lowest BCUT2D eigenvalue weighted by Crippen LogP contribution is -1.89. The molecule has 0 atom stereocenters. The molecule has 0 saturated carbocycles. The maximum Gasteiger partial charge on any atom is 0.278 e. The molecule has 0 aliphatic heterocycles. The van der Waals surface area contributed by atoms with E-state index in [0.29, 0.717) is 28.5 Å². The predicted molar refractivity (Wildman–Crippen MR) is 106 cm³/mol. The van der Waals surface area contributed by atoms with Crippen molar-refractivity contribution >= 4 is 21.6 Å². The average Bonchev–Trinajstić information content (AvgIpc) is 3.14. The quantitative estimate of drug-likeness (QED) is 0.278. The highest BCUT2D eigenvalue weighted by Crippen LogP contribution is 2.37. The van der Waals surface area contributed by atoms with Gasteiger partial charge in [-0.15, -0.1) is 0 Å². The third-order valence-electron chi connectivity index (χ3n) is 4.06. The van der Waals surface area contributed by atoms with Gasteiger partial charge < -0.3 is 4.42 Å². The predicted octanol–water partition coefficient (Wildman–Crippen LogP) is 6.29. The van der Waals surface area contributed by atoms with E-state index < -0.39 is 4.92 Å². The van der Waals surface area contributed by atoms with Gasteiger partial charge in [0, 0.05) is 27.2 Å². The zero-order chi connectivity index (χ0) is 19.7. The van der Waals surface area contributed by atoms with Crippen LogP contribution in [0.4, 0.5) is 10.1 Å². The number of rotatable bonds is 4. The second-order valence-corrected chi connectivity index (χ2v) is 6.83. The van der Waals surface area contributed by atoms with E-state index in [-0.39, 0.29) is 11.5 Å². The van der Waals surface area contributed by atoms with Crippen LogP contribution in [-0.2, 0) is 0 Å². The molecule has 0 aliphatic carbocycles. The molecular weight excluding hydrogens is 427 g/mol. The van der Waals surface area contributed by atoms with Crippen molar-refractivity contribution in [2.45, 2.75) is 0 Å². The highest BCUT2D eigenvalue weighted by atomic mass is 79.9. The van der Waals surface area contributed by atoms with E-state index in [2.05, 4.69) is 27.0 Å². The topological polar surface area (TPSA) is 69.2 Å². The molecule has 0 aliphatic rings. The van der Waals surface area contributed by atoms with Crippen LogP contribution < -0.4 is 0 Å². The number of hydrogen-bond acceptors (Lipinski definition) is 4. The minimum absolute atomic E-state index is 0.177. The first-order chi connectivity index (χ1) is 13.5. The highest BCUT2D eigenvalue weighted by Gasteiger charge is 2.20. The van der Waals surface area contributed by atoms with E-state index in [1.807, 2.05) is 24.3 Å². The average molecular weight is 438 g/mol. The molecule has 3 aromatic carbocycles. The van der Waals surface area contributed by atoms with E-state index in [9.17, 15) is 14.5 Å². The van der Waals surface area contributed by atoms with Gasteiger partial charge in [-0.2, -0.15) is 0 Å². The van der Waals surface area contributed by atoms with Gasteiger partial charge in [0.15, 0.2) is 5.76 Å². The zero-order valence-electron chi connectivity index (χ0n) is 14.2. The smallest absolute Gasteiger partial charge is 0.278 e. The van der Waals surface area contributed by atoms with Gasteiger partial charge in [-0.25, -0.2) is 9.37 Å². The van der Waals surface area contributed by atoms with Gasteiger partial charge >= 0.3 is 0 Å². The van der Waals surface area contributed by atoms with Crippen LogP contribution in [0.2, 0.25) is 0 Å². The van der Waals surface area contributed by atoms with E-state index in [1.165, 1.54) is 18.2 Å². The molecule has 0 bridgehead atoms. The fourth-order valence-electron chi connectivity index (χ4n) is 2.72. The van der Waals surface area contributed by atoms with Crippen molar-refractivity contribution in [3.63, 3.8) is 0 Å². The zero-order valence-corrected chi connectivity index (χ0v) is 15.8. The Labute approximate surface area is 167 Å². The van der Waals surface area contributed by atoms with Crippen LogP contribution in [-0.4, -0.2) is 9.91 Å². The minimum atomic E-state index is -0.521. The van der Waals surface area contributed by atoms with Crippen molar-refractivity contribution in [1.82, 2.24) is 4.98 Å². The second-order valence-electron chi connectivity index (χ2n) is 5.92. The molecule has 0 amide bonds. The summed E-state index contributed by atoms with van der Waals surface area (Å²) in [7, 11) is 0. The maximum absolute atomic E-state index is 13.3. The van der Waals surface area contributed by atoms with Gasteiger partial charge in [0.1, 0.15) is 11.5 Å². The number of aromatic nitrogens is 1. The van der Waals surface area contributed by atoms with Crippen LogP contribution in [0.5, 0.6) is 0 Å². The van der Waals surface area contributed by atoms with Crippen LogP contribution in [0.3, 0.4) is 0 Å². The Morgan fingerprint density at radius 2 is 1.68 bits per heavy atom. The van der Waals surface area contributed by atoms with Gasteiger partial charge in [0.2, 0.25) is 5.89 Å². The Morgan fingerprint density at radius 1 is 1.00 bits per heavy atom. The van der Waals surface area contributed by atoms with Crippen molar-refractivity contribution in [3.8, 4) is 34.0 Å². The monoisotopic (exact) mass is 437 g/mol. The summed E-state index contributed by atoms with van der Waals surface area (Å²) >= 11 is 3.38. The molecule has 0 fully saturated rings. The summed E-state index contributed by atoms with van der Waals surface area (Å²) in [5.41, 5.74) is 2.04. The standard InChI is InChI=1S/C21H11BrFN2O3/c22-16-8-4-14(5-9-16)21-24-19(13-6-10-17(23)11-7-13)20(28-21)15-2-1-3-18(12-15)25(26)27/h1-11H. The van der Waals surface area contributed by atoms with Crippen LogP contribution in [0, 0.1) is 22.0 Å². The summed E-state index contributed by atoms with van der Waals surface area (Å²) < 4.78 is 20.2. The fourth-order valence-corrected chi connectivity index (χ4v) is 2.98. The number of non-ortho nitro benzene ring substituents is 1. The molecule has 1 heterocycles. The number of halogens is 2. The number of nitrogens with zero attached hydrogens (tertiary/aromatic N) is 2. The largest absolute Gasteiger partial charge is 0.435 e. The van der Waals surface area contributed by atoms with Gasteiger partial charge in [-0.1, -0.05) is 28.1 Å². The van der Waals surface area contributed by atoms with Crippen molar-refractivity contribution < 1.29 is 13.7 Å². The summed E-state index contributed by atoms with van der Waals surface area (Å²) in [6, 6.07) is 20.5. The van der Waals surface area contributed by atoms with Crippen molar-refractivity contribution in [2.75, 3.05) is 0 Å². The third-order valence-corrected chi connectivity index (χ3v) is 4.59. The first kappa shape index (κ1) is 18.1. The van der Waals surface area contributed by atoms with Crippen molar-refractivity contribution in [1.29, 1.82) is 0 Å². The molecule has 28 heavy (non-hydrogen) atoms. The molecule has 0 N–H and O–H groups in total. The normalized spacial score (nSPS) is 10.8. The Hall–Kier alpha value is -3.32. The molecule has 0 unspecified atom stereocenters. The summed E-state index contributed by atoms with van der Waals surface area (Å²) in [6.45, 7) is 0. The maximum atomic E-state index is 13.3. The van der Waals surface area contributed by atoms with Gasteiger partial charge in [0.05, 0.1) is 11.0 Å². The van der Waals surface area contributed by atoms with Crippen LogP contribution in [0.1, 0.15) is 0 Å². The Kier molecular flexibility index (Phi) is 4.75. The van der Waals surface area contributed by atoms with E-state index in [4.69, 9.17) is 4.42 Å². The molecule has 4 aromatic rings. The van der Waals surface area contributed by atoms with E-state index in [0.717, 1.165) is 10.0 Å². The number of nitro groups is 1. The minimum Gasteiger partial charge on any atom is -0.435 e. The summed E-state index contributed by atoms with van der Waals surface area (Å²) in [6.07, 6.45) is 0. The van der Waals surface area contributed by atoms with Crippen LogP contribution >= 0.6 is 15.9 Å². The fraction of sp³-hybridized carbons (Fsp3) is 0. The number of hydrogen-bond donors (Lipinski definition) is 0. The third kappa shape index (κ3) is 3.57. The van der Waals surface area contributed by atoms with Crippen molar-refractivity contribution in [3.05, 3.63) is 93.2 Å². The molecule has 7 heteroatoms. The summed E-state index contributed by atoms with van der Waals surface area (Å²) in [5.74, 6) is 0.304. The molecule has 1 radical (unpaired) electrons. The van der Waals surface area contributed by atoms with Gasteiger partial charge in [0.25, 0.3) is 5.69 Å². The SMILES string of the molecule is O=[N+]([O-])c1[c]c(-c2oc(-c3ccc(Br)cc3)nc2-c2ccc(F)cc2)ccc1. The van der Waals surface area contributed by atoms with Crippen LogP contribution in [0.15, 0.2) is 75.6 Å². The molecule has 0 saturated heterocycles. The Balaban J connectivity index is 1.90. The molecule has 0 spiro atoms. The van der Waals surface area contributed by atoms with E-state index >= 15 is 0 Å². The molecule has 4 rings (SSSR count). The molecule has 137 valence electrons. The van der Waals surface area contributed by atoms with E-state index in [1.54, 1.807) is 24.3 Å². The van der Waals surface area contributed by atoms with Gasteiger partial charge in [-0.05, 0) is 48.5 Å². The number of benzene rings is 3. The van der Waals surface area contributed by atoms with Crippen LogP contribution in [0.25, 0.3) is 34.0 Å². The van der Waals surface area contributed by atoms with Crippen molar-refractivity contribution in [2.24, 2.45) is 0 Å². The lowest BCUT2D eigenvalue weighted by atomic mass is 10.1.